The fraction of sp³-hybridized carbons (Fsp3) is 0.600. The van der Waals surface area contributed by atoms with Crippen LogP contribution in [0.1, 0.15) is 44.6 Å². The molecule has 3 nitrogen and oxygen atoms in total. The molecule has 0 saturated heterocycles. The molecule has 0 aromatic carbocycles. The molecule has 1 saturated carbocycles. The highest BCUT2D eigenvalue weighted by Gasteiger charge is 2.26. The molecule has 1 fully saturated rings. The van der Waals surface area contributed by atoms with Crippen molar-refractivity contribution in [2.75, 3.05) is 5.73 Å². The summed E-state index contributed by atoms with van der Waals surface area (Å²) >= 11 is 0. The summed E-state index contributed by atoms with van der Waals surface area (Å²) < 4.78 is 0. The van der Waals surface area contributed by atoms with Gasteiger partial charge in [0.1, 0.15) is 11.6 Å². The normalized spacial score (nSPS) is 23.8. The van der Waals surface area contributed by atoms with Crippen LogP contribution in [0.25, 0.3) is 0 Å². The number of anilines is 1. The van der Waals surface area contributed by atoms with Crippen molar-refractivity contribution >= 4 is 11.6 Å². The Morgan fingerprint density at radius 2 is 2.33 bits per heavy atom. The van der Waals surface area contributed by atoms with Crippen LogP contribution in [0.4, 0.5) is 5.82 Å². The number of carbonyl (C=O) groups is 1. The zero-order chi connectivity index (χ0) is 13.0. The highest BCUT2D eigenvalue weighted by molar-refractivity contribution is 5.83. The Labute approximate surface area is 109 Å². The Balaban J connectivity index is 1.95. The minimum Gasteiger partial charge on any atom is -0.384 e. The van der Waals surface area contributed by atoms with Gasteiger partial charge in [-0.25, -0.2) is 4.98 Å². The van der Waals surface area contributed by atoms with E-state index in [4.69, 9.17) is 5.73 Å². The van der Waals surface area contributed by atoms with Crippen molar-refractivity contribution in [2.24, 2.45) is 11.8 Å². The third-order valence-corrected chi connectivity index (χ3v) is 4.04. The first-order valence-corrected chi connectivity index (χ1v) is 6.92. The van der Waals surface area contributed by atoms with E-state index >= 15 is 0 Å². The predicted molar refractivity (Wildman–Crippen MR) is 73.1 cm³/mol. The molecular weight excluding hydrogens is 224 g/mol. The van der Waals surface area contributed by atoms with Crippen LogP contribution in [0, 0.1) is 11.8 Å². The second-order valence-electron chi connectivity index (χ2n) is 5.37. The van der Waals surface area contributed by atoms with E-state index < -0.39 is 0 Å². The van der Waals surface area contributed by atoms with Gasteiger partial charge in [0.05, 0.1) is 0 Å². The van der Waals surface area contributed by atoms with E-state index in [1.165, 1.54) is 19.3 Å². The summed E-state index contributed by atoms with van der Waals surface area (Å²) in [6.45, 7) is 2.22. The monoisotopic (exact) mass is 246 g/mol. The first kappa shape index (κ1) is 13.1. The van der Waals surface area contributed by atoms with Gasteiger partial charge < -0.3 is 5.73 Å². The minimum atomic E-state index is 0.262. The number of nitrogen functional groups attached to an aromatic ring is 1. The van der Waals surface area contributed by atoms with Crippen molar-refractivity contribution < 1.29 is 4.79 Å². The second kappa shape index (κ2) is 5.98. The molecule has 98 valence electrons. The third-order valence-electron chi connectivity index (χ3n) is 4.04. The number of hydrogen-bond acceptors (Lipinski definition) is 3. The lowest BCUT2D eigenvalue weighted by Gasteiger charge is -2.27. The van der Waals surface area contributed by atoms with Gasteiger partial charge >= 0.3 is 0 Å². The minimum absolute atomic E-state index is 0.262. The van der Waals surface area contributed by atoms with Crippen LogP contribution >= 0.6 is 0 Å². The molecule has 2 N–H and O–H groups in total. The molecule has 2 rings (SSSR count). The zero-order valence-corrected chi connectivity index (χ0v) is 11.1. The highest BCUT2D eigenvalue weighted by atomic mass is 16.1. The van der Waals surface area contributed by atoms with Crippen LogP contribution in [0.5, 0.6) is 0 Å². The van der Waals surface area contributed by atoms with Crippen LogP contribution in [0.3, 0.4) is 0 Å². The molecular formula is C15H22N2O. The largest absolute Gasteiger partial charge is 0.384 e. The van der Waals surface area contributed by atoms with E-state index in [-0.39, 0.29) is 5.92 Å². The number of carbonyl (C=O) groups excluding carboxylic acids is 1. The van der Waals surface area contributed by atoms with E-state index in [0.29, 0.717) is 18.0 Å². The number of ketones is 1. The van der Waals surface area contributed by atoms with Crippen LogP contribution in [0.2, 0.25) is 0 Å². The number of nitrogens with zero attached hydrogens (tertiary/aromatic N) is 1. The van der Waals surface area contributed by atoms with Crippen LogP contribution in [-0.4, -0.2) is 10.8 Å². The molecule has 0 spiro atoms. The Hall–Kier alpha value is -1.38. The van der Waals surface area contributed by atoms with Crippen molar-refractivity contribution in [2.45, 2.75) is 45.4 Å². The van der Waals surface area contributed by atoms with Gasteiger partial charge in [-0.1, -0.05) is 26.2 Å². The molecule has 0 aliphatic heterocycles. The van der Waals surface area contributed by atoms with E-state index in [9.17, 15) is 4.79 Å². The molecule has 2 atom stereocenters. The average molecular weight is 246 g/mol. The number of Topliss-reactive ketones (excluding diaryl/α,β-unsaturated/α-hetero) is 1. The summed E-state index contributed by atoms with van der Waals surface area (Å²) in [6.07, 6.45) is 8.02. The van der Waals surface area contributed by atoms with E-state index in [0.717, 1.165) is 24.3 Å². The van der Waals surface area contributed by atoms with Crippen molar-refractivity contribution in [1.82, 2.24) is 4.98 Å². The van der Waals surface area contributed by atoms with E-state index in [2.05, 4.69) is 11.9 Å². The van der Waals surface area contributed by atoms with Gasteiger partial charge in [-0.3, -0.25) is 4.79 Å². The topological polar surface area (TPSA) is 56.0 Å². The summed E-state index contributed by atoms with van der Waals surface area (Å²) in [4.78, 5) is 16.2. The third kappa shape index (κ3) is 3.31. The van der Waals surface area contributed by atoms with Crippen LogP contribution < -0.4 is 5.73 Å². The molecule has 1 aromatic rings. The standard InChI is InChI=1S/C15H22N2O/c1-2-11-4-3-5-13(8-11)14(18)9-12-6-7-17-15(16)10-12/h6-7,10-11,13H,2-5,8-9H2,1H3,(H2,16,17). The second-order valence-corrected chi connectivity index (χ2v) is 5.37. The highest BCUT2D eigenvalue weighted by Crippen LogP contribution is 2.32. The number of rotatable bonds is 4. The van der Waals surface area contributed by atoms with Gasteiger partial charge in [-0.15, -0.1) is 0 Å². The molecule has 0 bridgehead atoms. The van der Waals surface area contributed by atoms with Crippen molar-refractivity contribution in [3.05, 3.63) is 23.9 Å². The van der Waals surface area contributed by atoms with Gasteiger partial charge in [0, 0.05) is 18.5 Å². The summed E-state index contributed by atoms with van der Waals surface area (Å²) in [6, 6.07) is 3.69. The zero-order valence-electron chi connectivity index (χ0n) is 11.1. The van der Waals surface area contributed by atoms with Gasteiger partial charge in [0.2, 0.25) is 0 Å². The lowest BCUT2D eigenvalue weighted by molar-refractivity contribution is -0.123. The molecule has 2 unspecified atom stereocenters. The Kier molecular flexibility index (Phi) is 4.34. The average Bonchev–Trinajstić information content (AvgIpc) is 2.39. The Morgan fingerprint density at radius 3 is 3.06 bits per heavy atom. The smallest absolute Gasteiger partial charge is 0.140 e. The quantitative estimate of drug-likeness (QED) is 0.888. The van der Waals surface area contributed by atoms with E-state index in [1.54, 1.807) is 12.3 Å². The number of hydrogen-bond donors (Lipinski definition) is 1. The maximum Gasteiger partial charge on any atom is 0.140 e. The van der Waals surface area contributed by atoms with Crippen molar-refractivity contribution in [1.29, 1.82) is 0 Å². The summed E-state index contributed by atoms with van der Waals surface area (Å²) in [5, 5.41) is 0. The molecule has 0 radical (unpaired) electrons. The lowest BCUT2D eigenvalue weighted by atomic mass is 9.77. The Bertz CT molecular complexity index is 417. The number of nitrogens with two attached hydrogens (primary N) is 1. The first-order chi connectivity index (χ1) is 8.69. The molecule has 0 amide bonds. The first-order valence-electron chi connectivity index (χ1n) is 6.92. The number of aromatic nitrogens is 1. The van der Waals surface area contributed by atoms with Crippen LogP contribution in [-0.2, 0) is 11.2 Å². The lowest BCUT2D eigenvalue weighted by Crippen LogP contribution is -2.24. The molecule has 18 heavy (non-hydrogen) atoms. The summed E-state index contributed by atoms with van der Waals surface area (Å²) in [7, 11) is 0. The van der Waals surface area contributed by atoms with Gasteiger partial charge in [-0.2, -0.15) is 0 Å². The molecule has 1 aromatic heterocycles. The van der Waals surface area contributed by atoms with Gasteiger partial charge in [0.15, 0.2) is 0 Å². The fourth-order valence-corrected chi connectivity index (χ4v) is 2.90. The molecule has 3 heteroatoms. The summed E-state index contributed by atoms with van der Waals surface area (Å²) in [5.41, 5.74) is 6.63. The predicted octanol–water partition coefficient (Wildman–Crippen LogP) is 2.99. The van der Waals surface area contributed by atoms with Gasteiger partial charge in [-0.05, 0) is 36.5 Å². The van der Waals surface area contributed by atoms with E-state index in [1.807, 2.05) is 6.07 Å². The molecule has 1 heterocycles. The van der Waals surface area contributed by atoms with Crippen molar-refractivity contribution in [3.8, 4) is 0 Å². The number of pyridine rings is 1. The summed E-state index contributed by atoms with van der Waals surface area (Å²) in [5.74, 6) is 1.88. The van der Waals surface area contributed by atoms with Gasteiger partial charge in [0.25, 0.3) is 0 Å². The molecule has 1 aliphatic rings. The van der Waals surface area contributed by atoms with Crippen LogP contribution in [0.15, 0.2) is 18.3 Å². The fourth-order valence-electron chi connectivity index (χ4n) is 2.90. The SMILES string of the molecule is CCC1CCCC(C(=O)Cc2ccnc(N)c2)C1. The molecule has 1 aliphatic carbocycles. The van der Waals surface area contributed by atoms with Crippen molar-refractivity contribution in [3.63, 3.8) is 0 Å². The maximum atomic E-state index is 12.3. The Morgan fingerprint density at radius 1 is 1.50 bits per heavy atom. The maximum absolute atomic E-state index is 12.3.